The molecule has 1 fully saturated rings. The van der Waals surface area contributed by atoms with Crippen molar-refractivity contribution in [1.82, 2.24) is 9.62 Å². The maximum Gasteiger partial charge on any atom is 0.306 e. The molecule has 9 heteroatoms. The molecule has 29 heavy (non-hydrogen) atoms. The van der Waals surface area contributed by atoms with Gasteiger partial charge in [0.25, 0.3) is 15.9 Å². The summed E-state index contributed by atoms with van der Waals surface area (Å²) in [6.45, 7) is 3.32. The first kappa shape index (κ1) is 21.3. The van der Waals surface area contributed by atoms with E-state index in [1.54, 1.807) is 30.0 Å². The maximum atomic E-state index is 12.4. The van der Waals surface area contributed by atoms with E-state index >= 15 is 0 Å². The highest BCUT2D eigenvalue weighted by atomic mass is 32.2. The van der Waals surface area contributed by atoms with Gasteiger partial charge < -0.3 is 9.64 Å². The molecule has 1 amide bonds. The highest BCUT2D eigenvalue weighted by Gasteiger charge is 2.30. The van der Waals surface area contributed by atoms with Gasteiger partial charge in [-0.1, -0.05) is 25.0 Å². The first-order valence-corrected chi connectivity index (χ1v) is 11.5. The largest absolute Gasteiger partial charge is 0.453 e. The summed E-state index contributed by atoms with van der Waals surface area (Å²) in [6, 6.07) is 6.62. The molecule has 0 radical (unpaired) electrons. The number of sulfonamides is 1. The van der Waals surface area contributed by atoms with Crippen LogP contribution in [-0.4, -0.2) is 56.8 Å². The van der Waals surface area contributed by atoms with Crippen LogP contribution >= 0.6 is 0 Å². The SMILES string of the molecule is C[C@H](OC(=O)CCCN=C1NS(=O)(=O)c2ccccc21)C(=O)N1CCCCCC1. The number of aliphatic imine (C=N–C) groups is 1. The van der Waals surface area contributed by atoms with E-state index in [4.69, 9.17) is 4.74 Å². The van der Waals surface area contributed by atoms with E-state index in [2.05, 4.69) is 9.71 Å². The van der Waals surface area contributed by atoms with Crippen LogP contribution in [0.25, 0.3) is 0 Å². The number of carbonyl (C=O) groups is 2. The number of carbonyl (C=O) groups excluding carboxylic acids is 2. The number of benzene rings is 1. The molecule has 0 unspecified atom stereocenters. The second-order valence-corrected chi connectivity index (χ2v) is 8.96. The Morgan fingerprint density at radius 3 is 2.59 bits per heavy atom. The highest BCUT2D eigenvalue weighted by molar-refractivity contribution is 7.90. The number of ether oxygens (including phenoxy) is 1. The fourth-order valence-corrected chi connectivity index (χ4v) is 4.77. The number of amidine groups is 1. The predicted molar refractivity (Wildman–Crippen MR) is 108 cm³/mol. The lowest BCUT2D eigenvalue weighted by molar-refractivity contribution is -0.159. The zero-order valence-electron chi connectivity index (χ0n) is 16.6. The zero-order chi connectivity index (χ0) is 20.9. The number of likely N-dealkylation sites (tertiary alicyclic amines) is 1. The number of hydrogen-bond donors (Lipinski definition) is 1. The summed E-state index contributed by atoms with van der Waals surface area (Å²) in [7, 11) is -3.56. The lowest BCUT2D eigenvalue weighted by Crippen LogP contribution is -2.40. The number of rotatable bonds is 6. The number of nitrogens with zero attached hydrogens (tertiary/aromatic N) is 2. The van der Waals surface area contributed by atoms with Crippen molar-refractivity contribution in [3.8, 4) is 0 Å². The predicted octanol–water partition coefficient (Wildman–Crippen LogP) is 1.84. The first-order chi connectivity index (χ1) is 13.9. The van der Waals surface area contributed by atoms with E-state index in [9.17, 15) is 18.0 Å². The van der Waals surface area contributed by atoms with Crippen molar-refractivity contribution in [2.75, 3.05) is 19.6 Å². The lowest BCUT2D eigenvalue weighted by atomic mass is 10.2. The molecular formula is C20H27N3O5S. The van der Waals surface area contributed by atoms with Gasteiger partial charge in [-0.15, -0.1) is 0 Å². The lowest BCUT2D eigenvalue weighted by Gasteiger charge is -2.23. The third kappa shape index (κ3) is 5.35. The molecule has 1 saturated heterocycles. The Hall–Kier alpha value is -2.42. The van der Waals surface area contributed by atoms with Crippen LogP contribution in [0, 0.1) is 0 Å². The van der Waals surface area contributed by atoms with Crippen LogP contribution in [0.15, 0.2) is 34.2 Å². The summed E-state index contributed by atoms with van der Waals surface area (Å²) in [4.78, 5) is 30.7. The third-order valence-electron chi connectivity index (χ3n) is 5.05. The molecule has 1 atom stereocenters. The van der Waals surface area contributed by atoms with Gasteiger partial charge in [-0.05, 0) is 38.3 Å². The number of nitrogens with one attached hydrogen (secondary N) is 1. The van der Waals surface area contributed by atoms with E-state index in [0.717, 1.165) is 38.8 Å². The minimum Gasteiger partial charge on any atom is -0.453 e. The van der Waals surface area contributed by atoms with Crippen LogP contribution in [-0.2, 0) is 24.3 Å². The number of hydrogen-bond acceptors (Lipinski definition) is 6. The van der Waals surface area contributed by atoms with Gasteiger partial charge in [0, 0.05) is 31.6 Å². The Morgan fingerprint density at radius 2 is 1.86 bits per heavy atom. The molecule has 1 N–H and O–H groups in total. The summed E-state index contributed by atoms with van der Waals surface area (Å²) < 4.78 is 31.8. The van der Waals surface area contributed by atoms with E-state index in [0.29, 0.717) is 17.8 Å². The average Bonchev–Trinajstić information content (AvgIpc) is 2.87. The van der Waals surface area contributed by atoms with Crippen molar-refractivity contribution in [2.24, 2.45) is 4.99 Å². The van der Waals surface area contributed by atoms with E-state index in [-0.39, 0.29) is 23.8 Å². The quantitative estimate of drug-likeness (QED) is 0.557. The monoisotopic (exact) mass is 421 g/mol. The van der Waals surface area contributed by atoms with E-state index < -0.39 is 22.1 Å². The van der Waals surface area contributed by atoms with Gasteiger partial charge in [0.2, 0.25) is 0 Å². The normalized spacial score (nSPS) is 20.4. The van der Waals surface area contributed by atoms with Crippen LogP contribution in [0.2, 0.25) is 0 Å². The summed E-state index contributed by atoms with van der Waals surface area (Å²) >= 11 is 0. The molecule has 0 spiro atoms. The van der Waals surface area contributed by atoms with Gasteiger partial charge in [0.05, 0.1) is 4.90 Å². The van der Waals surface area contributed by atoms with E-state index in [1.165, 1.54) is 6.07 Å². The molecule has 3 rings (SSSR count). The van der Waals surface area contributed by atoms with Crippen LogP contribution in [0.3, 0.4) is 0 Å². The molecule has 0 aliphatic carbocycles. The molecular weight excluding hydrogens is 394 g/mol. The fourth-order valence-electron chi connectivity index (χ4n) is 3.52. The molecule has 0 saturated carbocycles. The summed E-state index contributed by atoms with van der Waals surface area (Å²) in [5.74, 6) is -0.301. The smallest absolute Gasteiger partial charge is 0.306 e. The van der Waals surface area contributed by atoms with Crippen LogP contribution in [0.4, 0.5) is 0 Å². The highest BCUT2D eigenvalue weighted by Crippen LogP contribution is 2.22. The molecule has 2 aliphatic heterocycles. The zero-order valence-corrected chi connectivity index (χ0v) is 17.4. The van der Waals surface area contributed by atoms with Crippen LogP contribution < -0.4 is 4.72 Å². The number of fused-ring (bicyclic) bond motifs is 1. The van der Waals surface area contributed by atoms with Gasteiger partial charge in [-0.3, -0.25) is 19.3 Å². The number of esters is 1. The Kier molecular flexibility index (Phi) is 6.89. The van der Waals surface area contributed by atoms with Crippen molar-refractivity contribution >= 4 is 27.7 Å². The Balaban J connectivity index is 1.45. The summed E-state index contributed by atoms with van der Waals surface area (Å²) in [5.41, 5.74) is 0.534. The summed E-state index contributed by atoms with van der Waals surface area (Å²) in [5, 5.41) is 0. The van der Waals surface area contributed by atoms with Gasteiger partial charge >= 0.3 is 5.97 Å². The van der Waals surface area contributed by atoms with Gasteiger partial charge in [-0.2, -0.15) is 0 Å². The van der Waals surface area contributed by atoms with Crippen LogP contribution in [0.1, 0.15) is 51.0 Å². The summed E-state index contributed by atoms with van der Waals surface area (Å²) in [6.07, 6.45) is 3.95. The molecule has 158 valence electrons. The van der Waals surface area contributed by atoms with Gasteiger partial charge in [0.1, 0.15) is 5.84 Å². The average molecular weight is 422 g/mol. The Labute approximate surface area is 171 Å². The third-order valence-corrected chi connectivity index (χ3v) is 6.44. The van der Waals surface area contributed by atoms with Gasteiger partial charge in [-0.25, -0.2) is 8.42 Å². The molecule has 2 heterocycles. The van der Waals surface area contributed by atoms with Crippen molar-refractivity contribution in [3.05, 3.63) is 29.8 Å². The first-order valence-electron chi connectivity index (χ1n) is 10.0. The molecule has 0 aromatic heterocycles. The maximum absolute atomic E-state index is 12.4. The number of amides is 1. The molecule has 1 aromatic rings. The Morgan fingerprint density at radius 1 is 1.17 bits per heavy atom. The van der Waals surface area contributed by atoms with E-state index in [1.807, 2.05) is 0 Å². The van der Waals surface area contributed by atoms with Crippen molar-refractivity contribution in [3.63, 3.8) is 0 Å². The molecule has 8 nitrogen and oxygen atoms in total. The van der Waals surface area contributed by atoms with Crippen molar-refractivity contribution < 1.29 is 22.7 Å². The fraction of sp³-hybridized carbons (Fsp3) is 0.550. The minimum atomic E-state index is -3.56. The van der Waals surface area contributed by atoms with Crippen molar-refractivity contribution in [1.29, 1.82) is 0 Å². The minimum absolute atomic E-state index is 0.114. The molecule has 2 aliphatic rings. The Bertz CT molecular complexity index is 889. The topological polar surface area (TPSA) is 105 Å². The standard InChI is InChI=1S/C20H27N3O5S/c1-15(20(25)23-13-6-2-3-7-14-23)28-18(24)11-8-12-21-19-16-9-4-5-10-17(16)29(26,27)22-19/h4-5,9-10,15H,2-3,6-8,11-14H2,1H3,(H,21,22)/t15-/m0/s1. The van der Waals surface area contributed by atoms with Crippen molar-refractivity contribution in [2.45, 2.75) is 56.4 Å². The molecule has 1 aromatic carbocycles. The van der Waals surface area contributed by atoms with Crippen LogP contribution in [0.5, 0.6) is 0 Å². The van der Waals surface area contributed by atoms with Gasteiger partial charge in [0.15, 0.2) is 6.10 Å². The second-order valence-electron chi connectivity index (χ2n) is 7.31. The second kappa shape index (κ2) is 9.39. The molecule has 0 bridgehead atoms.